The predicted octanol–water partition coefficient (Wildman–Crippen LogP) is 2.12. The summed E-state index contributed by atoms with van der Waals surface area (Å²) in [6, 6.07) is 6.40. The van der Waals surface area contributed by atoms with Crippen LogP contribution in [0, 0.1) is 5.92 Å². The monoisotopic (exact) mass is 328 g/mol. The molecule has 1 aromatic rings. The number of ether oxygens (including phenoxy) is 1. The van der Waals surface area contributed by atoms with E-state index in [9.17, 15) is 18.0 Å². The van der Waals surface area contributed by atoms with Crippen molar-refractivity contribution in [2.24, 2.45) is 11.7 Å². The molecule has 0 aliphatic carbocycles. The molecule has 0 saturated carbocycles. The van der Waals surface area contributed by atoms with Crippen LogP contribution in [0.3, 0.4) is 0 Å². The number of aryl methyl sites for hydroxylation is 1. The van der Waals surface area contributed by atoms with Gasteiger partial charge < -0.3 is 15.4 Å². The van der Waals surface area contributed by atoms with Crippen LogP contribution < -0.4 is 10.5 Å². The van der Waals surface area contributed by atoms with Crippen LogP contribution in [0.25, 0.3) is 0 Å². The highest BCUT2D eigenvalue weighted by molar-refractivity contribution is 5.81. The number of rotatable bonds is 1. The Bertz CT molecular complexity index is 591. The van der Waals surface area contributed by atoms with Crippen molar-refractivity contribution in [3.05, 3.63) is 29.8 Å². The summed E-state index contributed by atoms with van der Waals surface area (Å²) in [5.74, 6) is -1.14. The second kappa shape index (κ2) is 6.03. The lowest BCUT2D eigenvalue weighted by Crippen LogP contribution is -2.57. The van der Waals surface area contributed by atoms with Crippen molar-refractivity contribution in [3.63, 3.8) is 0 Å². The van der Waals surface area contributed by atoms with E-state index in [0.717, 1.165) is 12.0 Å². The first-order valence-electron chi connectivity index (χ1n) is 7.72. The van der Waals surface area contributed by atoms with Gasteiger partial charge in [-0.3, -0.25) is 4.79 Å². The minimum atomic E-state index is -4.31. The number of hydrogen-bond donors (Lipinski definition) is 1. The molecule has 7 heteroatoms. The molecule has 3 unspecified atom stereocenters. The molecule has 0 spiro atoms. The number of carbonyl (C=O) groups is 1. The number of benzene rings is 1. The molecule has 3 atom stereocenters. The zero-order chi connectivity index (χ0) is 16.6. The molecule has 3 rings (SSSR count). The van der Waals surface area contributed by atoms with E-state index in [1.54, 1.807) is 6.07 Å². The zero-order valence-corrected chi connectivity index (χ0v) is 12.6. The van der Waals surface area contributed by atoms with Gasteiger partial charge in [-0.25, -0.2) is 0 Å². The summed E-state index contributed by atoms with van der Waals surface area (Å²) >= 11 is 0. The Balaban J connectivity index is 1.64. The summed E-state index contributed by atoms with van der Waals surface area (Å²) in [4.78, 5) is 13.9. The van der Waals surface area contributed by atoms with Crippen LogP contribution in [0.2, 0.25) is 0 Å². The quantitative estimate of drug-likeness (QED) is 0.859. The number of carbonyl (C=O) groups excluding carboxylic acids is 1. The Kier molecular flexibility index (Phi) is 4.23. The van der Waals surface area contributed by atoms with Crippen molar-refractivity contribution < 1.29 is 22.7 Å². The first-order chi connectivity index (χ1) is 10.9. The van der Waals surface area contributed by atoms with Gasteiger partial charge in [-0.15, -0.1) is 0 Å². The van der Waals surface area contributed by atoms with Crippen LogP contribution in [0.5, 0.6) is 5.75 Å². The highest BCUT2D eigenvalue weighted by Crippen LogP contribution is 2.34. The maximum atomic E-state index is 12.8. The van der Waals surface area contributed by atoms with Crippen LogP contribution in [0.15, 0.2) is 24.3 Å². The van der Waals surface area contributed by atoms with E-state index in [1.165, 1.54) is 4.90 Å². The summed E-state index contributed by atoms with van der Waals surface area (Å²) in [5.41, 5.74) is 6.69. The first-order valence-corrected chi connectivity index (χ1v) is 7.72. The first kappa shape index (κ1) is 16.1. The Morgan fingerprint density at radius 2 is 2.00 bits per heavy atom. The number of nitrogens with zero attached hydrogens (tertiary/aromatic N) is 1. The number of halogens is 3. The van der Waals surface area contributed by atoms with E-state index < -0.39 is 24.2 Å². The van der Waals surface area contributed by atoms with Crippen LogP contribution in [0.1, 0.15) is 18.4 Å². The fourth-order valence-electron chi connectivity index (χ4n) is 3.29. The van der Waals surface area contributed by atoms with Gasteiger partial charge in [-0.2, -0.15) is 13.2 Å². The molecule has 2 aliphatic rings. The molecule has 1 amide bonds. The summed E-state index contributed by atoms with van der Waals surface area (Å²) in [6.45, 7) is -0.0112. The van der Waals surface area contributed by atoms with Gasteiger partial charge in [0.15, 0.2) is 6.10 Å². The fourth-order valence-corrected chi connectivity index (χ4v) is 3.29. The van der Waals surface area contributed by atoms with Gasteiger partial charge in [0.05, 0.1) is 5.92 Å². The van der Waals surface area contributed by atoms with E-state index in [0.29, 0.717) is 12.2 Å². The van der Waals surface area contributed by atoms with Gasteiger partial charge in [0, 0.05) is 19.1 Å². The van der Waals surface area contributed by atoms with Gasteiger partial charge in [0.2, 0.25) is 0 Å². The number of nitrogens with two attached hydrogens (primary N) is 1. The maximum Gasteiger partial charge on any atom is 0.393 e. The number of hydrogen-bond acceptors (Lipinski definition) is 3. The number of piperidine rings is 1. The molecule has 2 heterocycles. The highest BCUT2D eigenvalue weighted by atomic mass is 19.4. The Hall–Kier alpha value is -1.76. The molecular weight excluding hydrogens is 309 g/mol. The van der Waals surface area contributed by atoms with Gasteiger partial charge in [0.1, 0.15) is 5.75 Å². The average Bonchev–Trinajstić information content (AvgIpc) is 2.52. The molecule has 1 aromatic carbocycles. The van der Waals surface area contributed by atoms with Gasteiger partial charge in [0.25, 0.3) is 5.91 Å². The lowest BCUT2D eigenvalue weighted by molar-refractivity contribution is -0.191. The predicted molar refractivity (Wildman–Crippen MR) is 77.9 cm³/mol. The topological polar surface area (TPSA) is 55.6 Å². The van der Waals surface area contributed by atoms with Crippen molar-refractivity contribution in [1.82, 2.24) is 4.90 Å². The van der Waals surface area contributed by atoms with Crippen LogP contribution >= 0.6 is 0 Å². The highest BCUT2D eigenvalue weighted by Gasteiger charge is 2.47. The van der Waals surface area contributed by atoms with Crippen molar-refractivity contribution in [2.75, 3.05) is 13.1 Å². The molecule has 126 valence electrons. The normalized spacial score (nSPS) is 28.0. The average molecular weight is 328 g/mol. The zero-order valence-electron chi connectivity index (χ0n) is 12.6. The van der Waals surface area contributed by atoms with Gasteiger partial charge in [-0.1, -0.05) is 18.2 Å². The fraction of sp³-hybridized carbons (Fsp3) is 0.562. The van der Waals surface area contributed by atoms with Crippen LogP contribution in [-0.4, -0.2) is 42.2 Å². The molecule has 2 aliphatic heterocycles. The summed E-state index contributed by atoms with van der Waals surface area (Å²) < 4.78 is 44.2. The minimum absolute atomic E-state index is 0.0677. The summed E-state index contributed by atoms with van der Waals surface area (Å²) in [7, 11) is 0. The van der Waals surface area contributed by atoms with Crippen molar-refractivity contribution in [2.45, 2.75) is 37.6 Å². The summed E-state index contributed by atoms with van der Waals surface area (Å²) in [5, 5.41) is 0. The van der Waals surface area contributed by atoms with Crippen molar-refractivity contribution in [3.8, 4) is 5.75 Å². The molecule has 1 fully saturated rings. The lowest BCUT2D eigenvalue weighted by Gasteiger charge is -2.39. The maximum absolute atomic E-state index is 12.8. The second-order valence-corrected chi connectivity index (χ2v) is 6.14. The smallest absolute Gasteiger partial charge is 0.393 e. The Labute approximate surface area is 132 Å². The number of likely N-dealkylation sites (tertiary alicyclic amines) is 1. The summed E-state index contributed by atoms with van der Waals surface area (Å²) in [6.07, 6.45) is -3.85. The number of alkyl halides is 3. The molecule has 1 saturated heterocycles. The molecule has 4 nitrogen and oxygen atoms in total. The molecule has 0 bridgehead atoms. The third-order valence-corrected chi connectivity index (χ3v) is 4.58. The number of fused-ring (bicyclic) bond motifs is 1. The molecule has 0 aromatic heterocycles. The third-order valence-electron chi connectivity index (χ3n) is 4.58. The Morgan fingerprint density at radius 3 is 2.70 bits per heavy atom. The van der Waals surface area contributed by atoms with E-state index in [4.69, 9.17) is 10.5 Å². The lowest BCUT2D eigenvalue weighted by atomic mass is 9.91. The number of amides is 1. The number of para-hydroxylation sites is 1. The van der Waals surface area contributed by atoms with E-state index in [-0.39, 0.29) is 25.4 Å². The van der Waals surface area contributed by atoms with E-state index in [2.05, 4.69) is 0 Å². The standard InChI is InChI=1S/C16H19F3N2O2/c17-16(18,19)11-7-8-21(9-12(11)20)15(22)14-6-5-10-3-1-2-4-13(10)23-14/h1-4,11-12,14H,5-9,20H2. The molecule has 23 heavy (non-hydrogen) atoms. The van der Waals surface area contributed by atoms with Crippen LogP contribution in [-0.2, 0) is 11.2 Å². The molecule has 2 N–H and O–H groups in total. The van der Waals surface area contributed by atoms with E-state index in [1.807, 2.05) is 18.2 Å². The van der Waals surface area contributed by atoms with Crippen molar-refractivity contribution in [1.29, 1.82) is 0 Å². The van der Waals surface area contributed by atoms with E-state index >= 15 is 0 Å². The van der Waals surface area contributed by atoms with Gasteiger partial charge in [-0.05, 0) is 30.9 Å². The molecule has 0 radical (unpaired) electrons. The third kappa shape index (κ3) is 3.29. The van der Waals surface area contributed by atoms with Crippen molar-refractivity contribution >= 4 is 5.91 Å². The largest absolute Gasteiger partial charge is 0.480 e. The van der Waals surface area contributed by atoms with Crippen LogP contribution in [0.4, 0.5) is 13.2 Å². The van der Waals surface area contributed by atoms with Gasteiger partial charge >= 0.3 is 6.18 Å². The molecular formula is C16H19F3N2O2. The Morgan fingerprint density at radius 1 is 1.26 bits per heavy atom. The second-order valence-electron chi connectivity index (χ2n) is 6.14. The SMILES string of the molecule is NC1CN(C(=O)C2CCc3ccccc3O2)CCC1C(F)(F)F. The minimum Gasteiger partial charge on any atom is -0.480 e.